The highest BCUT2D eigenvalue weighted by molar-refractivity contribution is 14.1. The van der Waals surface area contributed by atoms with Gasteiger partial charge in [0.1, 0.15) is 0 Å². The van der Waals surface area contributed by atoms with Crippen LogP contribution in [0, 0.1) is 0 Å². The summed E-state index contributed by atoms with van der Waals surface area (Å²) in [5.74, 6) is 0. The minimum absolute atomic E-state index is 0.108. The van der Waals surface area contributed by atoms with Crippen LogP contribution < -0.4 is 0 Å². The molecule has 1 aromatic rings. The summed E-state index contributed by atoms with van der Waals surface area (Å²) in [5.41, 5.74) is 5.64. The van der Waals surface area contributed by atoms with Crippen molar-refractivity contribution in [2.24, 2.45) is 0 Å². The zero-order valence-electron chi connectivity index (χ0n) is 10.3. The largest absolute Gasteiger partial charge is 0.0990 e. The van der Waals surface area contributed by atoms with Crippen molar-refractivity contribution in [2.75, 3.05) is 4.43 Å². The second kappa shape index (κ2) is 4.81. The van der Waals surface area contributed by atoms with Gasteiger partial charge in [0.2, 0.25) is 0 Å². The van der Waals surface area contributed by atoms with Crippen molar-refractivity contribution in [3.8, 4) is 0 Å². The van der Waals surface area contributed by atoms with E-state index in [0.29, 0.717) is 0 Å². The maximum atomic E-state index is 3.83. The minimum atomic E-state index is 0.108. The molecule has 0 aromatic heterocycles. The molecule has 0 amide bonds. The molecule has 1 aliphatic carbocycles. The molecule has 0 nitrogen and oxygen atoms in total. The molecule has 0 saturated carbocycles. The van der Waals surface area contributed by atoms with E-state index < -0.39 is 0 Å². The summed E-state index contributed by atoms with van der Waals surface area (Å²) >= 11 is 2.40. The molecule has 0 saturated heterocycles. The number of hydrogen-bond donors (Lipinski definition) is 0. The molecule has 0 heterocycles. The van der Waals surface area contributed by atoms with Crippen molar-refractivity contribution in [1.29, 1.82) is 0 Å². The molecule has 1 aromatic carbocycles. The molecule has 0 bridgehead atoms. The average Bonchev–Trinajstić information content (AvgIpc) is 2.52. The van der Waals surface area contributed by atoms with Crippen LogP contribution in [0.4, 0.5) is 0 Å². The predicted octanol–water partition coefficient (Wildman–Crippen LogP) is 4.91. The van der Waals surface area contributed by atoms with Gasteiger partial charge in [-0.3, -0.25) is 0 Å². The summed E-state index contributed by atoms with van der Waals surface area (Å²) < 4.78 is 1.04. The van der Waals surface area contributed by atoms with Crippen LogP contribution in [0.5, 0.6) is 0 Å². The topological polar surface area (TPSA) is 0 Å². The van der Waals surface area contributed by atoms with Gasteiger partial charge < -0.3 is 0 Å². The van der Waals surface area contributed by atoms with Gasteiger partial charge in [0.15, 0.2) is 0 Å². The van der Waals surface area contributed by atoms with Gasteiger partial charge >= 0.3 is 0 Å². The maximum Gasteiger partial charge on any atom is 0.0182 e. The smallest absolute Gasteiger partial charge is 0.0182 e. The summed E-state index contributed by atoms with van der Waals surface area (Å²) in [6, 6.07) is 8.68. The van der Waals surface area contributed by atoms with E-state index in [1.165, 1.54) is 22.3 Å². The Bertz CT molecular complexity index is 504. The van der Waals surface area contributed by atoms with Crippen molar-refractivity contribution >= 4 is 28.2 Å². The Labute approximate surface area is 117 Å². The van der Waals surface area contributed by atoms with E-state index in [9.17, 15) is 0 Å². The van der Waals surface area contributed by atoms with Crippen LogP contribution in [0.3, 0.4) is 0 Å². The van der Waals surface area contributed by atoms with Crippen LogP contribution in [0.25, 0.3) is 5.57 Å². The first-order chi connectivity index (χ1) is 8.12. The van der Waals surface area contributed by atoms with E-state index in [1.807, 2.05) is 6.08 Å². The van der Waals surface area contributed by atoms with Crippen molar-refractivity contribution in [3.63, 3.8) is 0 Å². The molecule has 0 aliphatic heterocycles. The van der Waals surface area contributed by atoms with E-state index in [2.05, 4.69) is 79.4 Å². The Morgan fingerprint density at radius 1 is 1.29 bits per heavy atom. The highest BCUT2D eigenvalue weighted by Gasteiger charge is 2.36. The molecule has 88 valence electrons. The Kier molecular flexibility index (Phi) is 3.57. The second-order valence-corrected chi connectivity index (χ2v) is 5.64. The van der Waals surface area contributed by atoms with Crippen LogP contribution in [0.2, 0.25) is 0 Å². The molecule has 0 N–H and O–H groups in total. The first-order valence-corrected chi connectivity index (χ1v) is 7.35. The van der Waals surface area contributed by atoms with Gasteiger partial charge in [-0.15, -0.1) is 0 Å². The highest BCUT2D eigenvalue weighted by atomic mass is 127. The van der Waals surface area contributed by atoms with E-state index in [-0.39, 0.29) is 5.41 Å². The standard InChI is InChI=1S/C16H17I/c1-4-7-12-13-8-5-6-9-14(13)16(2,3)15(12)10-11-17/h4-10H,1,11H2,2-3H3/b12-7?,15-10+. The van der Waals surface area contributed by atoms with Gasteiger partial charge in [0.05, 0.1) is 0 Å². The fraction of sp³-hybridized carbons (Fsp3) is 0.250. The lowest BCUT2D eigenvalue weighted by molar-refractivity contribution is 0.660. The lowest BCUT2D eigenvalue weighted by Gasteiger charge is -2.21. The Morgan fingerprint density at radius 3 is 2.65 bits per heavy atom. The lowest BCUT2D eigenvalue weighted by atomic mass is 9.82. The number of alkyl halides is 1. The lowest BCUT2D eigenvalue weighted by Crippen LogP contribution is -2.15. The van der Waals surface area contributed by atoms with Crippen LogP contribution >= 0.6 is 22.6 Å². The van der Waals surface area contributed by atoms with Gasteiger partial charge in [-0.25, -0.2) is 0 Å². The molecular formula is C16H17I. The number of halogens is 1. The molecule has 0 fully saturated rings. The van der Waals surface area contributed by atoms with Gasteiger partial charge in [-0.05, 0) is 22.3 Å². The van der Waals surface area contributed by atoms with Crippen LogP contribution in [-0.2, 0) is 5.41 Å². The quantitative estimate of drug-likeness (QED) is 0.532. The third kappa shape index (κ3) is 2.01. The monoisotopic (exact) mass is 336 g/mol. The van der Waals surface area contributed by atoms with Crippen molar-refractivity contribution < 1.29 is 0 Å². The van der Waals surface area contributed by atoms with Gasteiger partial charge in [-0.1, -0.05) is 85.5 Å². The number of benzene rings is 1. The molecule has 1 aliphatic rings. The van der Waals surface area contributed by atoms with E-state index in [0.717, 1.165) is 4.43 Å². The maximum absolute atomic E-state index is 3.83. The van der Waals surface area contributed by atoms with Crippen molar-refractivity contribution in [1.82, 2.24) is 0 Å². The normalized spacial score (nSPS) is 21.8. The van der Waals surface area contributed by atoms with Gasteiger partial charge in [0.25, 0.3) is 0 Å². The molecule has 0 unspecified atom stereocenters. The molecule has 2 rings (SSSR count). The fourth-order valence-corrected chi connectivity index (χ4v) is 3.07. The van der Waals surface area contributed by atoms with Crippen LogP contribution in [0.1, 0.15) is 25.0 Å². The molecule has 17 heavy (non-hydrogen) atoms. The van der Waals surface area contributed by atoms with Crippen molar-refractivity contribution in [3.05, 3.63) is 65.8 Å². The molecule has 1 heteroatoms. The third-order valence-corrected chi connectivity index (χ3v) is 3.86. The first-order valence-electron chi connectivity index (χ1n) is 5.82. The van der Waals surface area contributed by atoms with Gasteiger partial charge in [-0.2, -0.15) is 0 Å². The van der Waals surface area contributed by atoms with E-state index >= 15 is 0 Å². The van der Waals surface area contributed by atoms with E-state index in [4.69, 9.17) is 0 Å². The molecule has 0 atom stereocenters. The fourth-order valence-electron chi connectivity index (χ4n) is 2.63. The predicted molar refractivity (Wildman–Crippen MR) is 84.6 cm³/mol. The second-order valence-electron chi connectivity index (χ2n) is 4.76. The molecule has 0 radical (unpaired) electrons. The SMILES string of the molecule is C=CC=C1/C(=C\CI)C(C)(C)c2ccccc21. The summed E-state index contributed by atoms with van der Waals surface area (Å²) in [6.45, 7) is 8.43. The Morgan fingerprint density at radius 2 is 2.00 bits per heavy atom. The Balaban J connectivity index is 2.71. The number of rotatable bonds is 2. The van der Waals surface area contributed by atoms with Crippen LogP contribution in [0.15, 0.2) is 54.6 Å². The third-order valence-electron chi connectivity index (χ3n) is 3.42. The zero-order chi connectivity index (χ0) is 12.5. The minimum Gasteiger partial charge on any atom is -0.0990 e. The summed E-state index contributed by atoms with van der Waals surface area (Å²) in [7, 11) is 0. The average molecular weight is 336 g/mol. The van der Waals surface area contributed by atoms with Crippen molar-refractivity contribution in [2.45, 2.75) is 19.3 Å². The van der Waals surface area contributed by atoms with Crippen LogP contribution in [-0.4, -0.2) is 4.43 Å². The molecular weight excluding hydrogens is 319 g/mol. The number of allylic oxidation sites excluding steroid dienone is 5. The zero-order valence-corrected chi connectivity index (χ0v) is 12.5. The highest BCUT2D eigenvalue weighted by Crippen LogP contribution is 2.49. The molecule has 0 spiro atoms. The van der Waals surface area contributed by atoms with E-state index in [1.54, 1.807) is 0 Å². The summed E-state index contributed by atoms with van der Waals surface area (Å²) in [4.78, 5) is 0. The van der Waals surface area contributed by atoms with Gasteiger partial charge in [0, 0.05) is 9.84 Å². The summed E-state index contributed by atoms with van der Waals surface area (Å²) in [5, 5.41) is 0. The summed E-state index contributed by atoms with van der Waals surface area (Å²) in [6.07, 6.45) is 6.34. The first kappa shape index (κ1) is 12.6. The number of hydrogen-bond acceptors (Lipinski definition) is 0. The Hall–Kier alpha value is -0.830. The number of fused-ring (bicyclic) bond motifs is 1.